The van der Waals surface area contributed by atoms with E-state index in [1.807, 2.05) is 18.0 Å². The van der Waals surface area contributed by atoms with Crippen LogP contribution in [0.3, 0.4) is 0 Å². The fourth-order valence-electron chi connectivity index (χ4n) is 2.98. The molecule has 4 aliphatic rings. The number of allylic oxidation sites excluding steroid dienone is 4. The van der Waals surface area contributed by atoms with Crippen LogP contribution in [-0.4, -0.2) is 29.2 Å². The zero-order valence-corrected chi connectivity index (χ0v) is 19.8. The summed E-state index contributed by atoms with van der Waals surface area (Å²) in [5, 5.41) is 0.542. The van der Waals surface area contributed by atoms with Crippen LogP contribution < -0.4 is 0 Å². The van der Waals surface area contributed by atoms with Crippen molar-refractivity contribution in [2.75, 3.05) is 18.8 Å². The molecule has 0 aromatic rings. The lowest BCUT2D eigenvalue weighted by atomic mass is 10.4. The molecule has 0 radical (unpaired) electrons. The van der Waals surface area contributed by atoms with Gasteiger partial charge in [0.05, 0.1) is 2.74 Å². The molecule has 0 aliphatic heterocycles. The van der Waals surface area contributed by atoms with E-state index in [4.69, 9.17) is 5.48 Å². The fourth-order valence-corrected chi connectivity index (χ4v) is 4.42. The summed E-state index contributed by atoms with van der Waals surface area (Å²) in [6.45, 7) is 0. The van der Waals surface area contributed by atoms with E-state index in [-0.39, 0.29) is 28.7 Å². The highest BCUT2D eigenvalue weighted by atomic mass is 32.2. The van der Waals surface area contributed by atoms with Crippen molar-refractivity contribution < 1.29 is 5.48 Å². The van der Waals surface area contributed by atoms with E-state index in [1.54, 1.807) is 6.26 Å². The molecule has 0 bridgehead atoms. The molecule has 0 aromatic carbocycles. The third-order valence-electron chi connectivity index (χ3n) is 4.53. The van der Waals surface area contributed by atoms with Gasteiger partial charge in [0.1, 0.15) is 0 Å². The van der Waals surface area contributed by atoms with Crippen LogP contribution in [0.1, 0.15) is 118 Å². The summed E-state index contributed by atoms with van der Waals surface area (Å²) >= 11 is 7.08. The molecule has 2 fully saturated rings. The van der Waals surface area contributed by atoms with Gasteiger partial charge >= 0.3 is 0 Å². The van der Waals surface area contributed by atoms with E-state index >= 15 is 0 Å². The van der Waals surface area contributed by atoms with Crippen molar-refractivity contribution in [3.63, 3.8) is 0 Å². The van der Waals surface area contributed by atoms with Crippen molar-refractivity contribution in [1.29, 1.82) is 0 Å². The van der Waals surface area contributed by atoms with Gasteiger partial charge in [-0.2, -0.15) is 36.2 Å². The highest BCUT2D eigenvalue weighted by Crippen LogP contribution is 2.27. The summed E-state index contributed by atoms with van der Waals surface area (Å²) in [4.78, 5) is 0. The topological polar surface area (TPSA) is 0 Å². The summed E-state index contributed by atoms with van der Waals surface area (Å²) in [6.07, 6.45) is 25.7. The number of hydrogen-bond donors (Lipinski definition) is 1. The molecular formula is C26H56S3. The third kappa shape index (κ3) is 24.7. The zero-order chi connectivity index (χ0) is 22.8. The third-order valence-corrected chi connectivity index (χ3v) is 6.57. The summed E-state index contributed by atoms with van der Waals surface area (Å²) in [5.74, 6) is 0. The average molecular weight is 469 g/mol. The average Bonchev–Trinajstić information content (AvgIpc) is 3.58. The molecule has 0 saturated heterocycles. The number of thioether (sulfide) groups is 2. The minimum absolute atomic E-state index is 0. The monoisotopic (exact) mass is 468 g/mol. The lowest BCUT2D eigenvalue weighted by molar-refractivity contribution is 0.886. The highest BCUT2D eigenvalue weighted by molar-refractivity contribution is 7.99. The van der Waals surface area contributed by atoms with Crippen LogP contribution in [0.2, 0.25) is 0 Å². The number of rotatable bonds is 2. The fraction of sp³-hybridized carbons (Fsp3) is 0.846. The van der Waals surface area contributed by atoms with Crippen LogP contribution in [0, 0.1) is 0 Å². The van der Waals surface area contributed by atoms with Gasteiger partial charge in [0.2, 0.25) is 0 Å². The van der Waals surface area contributed by atoms with Gasteiger partial charge in [-0.25, -0.2) is 0 Å². The van der Waals surface area contributed by atoms with Crippen LogP contribution in [0.15, 0.2) is 24.3 Å². The second-order valence-electron chi connectivity index (χ2n) is 6.52. The Bertz CT molecular complexity index is 462. The molecule has 0 nitrogen and oxygen atoms in total. The second kappa shape index (κ2) is 30.7. The van der Waals surface area contributed by atoms with Crippen molar-refractivity contribution in [3.05, 3.63) is 24.3 Å². The van der Waals surface area contributed by atoms with E-state index in [9.17, 15) is 0 Å². The largest absolute Gasteiger partial charge is 0.183 e. The maximum atomic E-state index is 7.71. The Morgan fingerprint density at radius 2 is 1.24 bits per heavy atom. The highest BCUT2D eigenvalue weighted by Gasteiger charge is 2.12. The predicted octanol–water partition coefficient (Wildman–Crippen LogP) is 10.5. The molecule has 0 amide bonds. The van der Waals surface area contributed by atoms with E-state index in [0.717, 1.165) is 43.8 Å². The van der Waals surface area contributed by atoms with Gasteiger partial charge in [0, 0.05) is 13.2 Å². The first-order valence-corrected chi connectivity index (χ1v) is 13.6. The molecule has 4 aliphatic carbocycles. The standard InChI is InChI=1S/2C6H12S.2C5H8.CH4S.3CH4/c2*1-7-6-4-2-3-5-6;2*1-2-4-5-3-1;1-2;;;/h2*6H,2-5H2,1H3;2*1-2H,3-5H2;2H,1H3;3*1H4/i4D,6D;;1D,2D;;;;;. The Labute approximate surface area is 207 Å². The molecule has 178 valence electrons. The maximum Gasteiger partial charge on any atom is 0.0572 e. The summed E-state index contributed by atoms with van der Waals surface area (Å²) in [7, 11) is 0. The molecule has 0 N–H and O–H groups in total. The quantitative estimate of drug-likeness (QED) is 0.316. The molecule has 29 heavy (non-hydrogen) atoms. The Hall–Kier alpha value is 0.530. The van der Waals surface area contributed by atoms with Gasteiger partial charge in [-0.3, -0.25) is 0 Å². The van der Waals surface area contributed by atoms with Crippen LogP contribution >= 0.6 is 36.2 Å². The molecule has 3 heteroatoms. The lowest BCUT2D eigenvalue weighted by Crippen LogP contribution is -1.89. The van der Waals surface area contributed by atoms with Crippen LogP contribution in [-0.2, 0) is 0 Å². The maximum absolute atomic E-state index is 7.71. The van der Waals surface area contributed by atoms with Gasteiger partial charge in [-0.15, -0.1) is 0 Å². The first kappa shape index (κ1) is 27.6. The lowest BCUT2D eigenvalue weighted by Gasteiger charge is -1.99. The Balaban J connectivity index is -0.000000163. The molecule has 4 rings (SSSR count). The van der Waals surface area contributed by atoms with Gasteiger partial charge < -0.3 is 0 Å². The molecule has 0 aromatic heterocycles. The SMILES string of the molecule is C.C.C.C1=CCCC1.CS.CSC1CCCC1.[2H]C1=C([2H])CCC1.[2H]C1CCCC1([2H])SC. The first-order valence-electron chi connectivity index (χ1n) is 12.3. The Kier molecular flexibility index (Phi) is 29.2. The number of hydrogen-bond acceptors (Lipinski definition) is 3. The van der Waals surface area contributed by atoms with Crippen molar-refractivity contribution in [3.8, 4) is 0 Å². The van der Waals surface area contributed by atoms with Crippen LogP contribution in [0.4, 0.5) is 0 Å². The Morgan fingerprint density at radius 3 is 1.45 bits per heavy atom. The minimum atomic E-state index is -0.472. The van der Waals surface area contributed by atoms with Crippen molar-refractivity contribution in [2.45, 2.75) is 123 Å². The van der Waals surface area contributed by atoms with Crippen LogP contribution in [0.25, 0.3) is 0 Å². The summed E-state index contributed by atoms with van der Waals surface area (Å²) in [6, 6.07) is 1.08. The minimum Gasteiger partial charge on any atom is -0.183 e. The van der Waals surface area contributed by atoms with Gasteiger partial charge in [-0.1, -0.05) is 72.2 Å². The Morgan fingerprint density at radius 1 is 0.759 bits per heavy atom. The molecule has 2 saturated carbocycles. The van der Waals surface area contributed by atoms with Gasteiger partial charge in [0.15, 0.2) is 0 Å². The van der Waals surface area contributed by atoms with E-state index in [2.05, 4.69) is 31.0 Å². The van der Waals surface area contributed by atoms with Crippen molar-refractivity contribution in [1.82, 2.24) is 0 Å². The molecular weight excluding hydrogens is 408 g/mol. The smallest absolute Gasteiger partial charge is 0.0572 e. The van der Waals surface area contributed by atoms with E-state index in [0.29, 0.717) is 12.1 Å². The first-order chi connectivity index (χ1) is 14.4. The van der Waals surface area contributed by atoms with Gasteiger partial charge in [0.25, 0.3) is 0 Å². The second-order valence-corrected chi connectivity index (χ2v) is 8.59. The van der Waals surface area contributed by atoms with E-state index < -0.39 is 5.23 Å². The number of thiol groups is 1. The molecule has 2 atom stereocenters. The summed E-state index contributed by atoms with van der Waals surface area (Å²) < 4.78 is 29.2. The van der Waals surface area contributed by atoms with Crippen molar-refractivity contribution in [2.24, 2.45) is 0 Å². The zero-order valence-electron chi connectivity index (χ0n) is 21.3. The van der Waals surface area contributed by atoms with Crippen LogP contribution in [0.5, 0.6) is 0 Å². The normalized spacial score (nSPS) is 28.3. The molecule has 0 spiro atoms. The molecule has 0 heterocycles. The van der Waals surface area contributed by atoms with E-state index in [1.165, 1.54) is 56.7 Å². The predicted molar refractivity (Wildman–Crippen MR) is 153 cm³/mol. The van der Waals surface area contributed by atoms with Gasteiger partial charge in [-0.05, 0) is 83.0 Å². The van der Waals surface area contributed by atoms with Crippen molar-refractivity contribution >= 4 is 36.2 Å². The molecule has 2 unspecified atom stereocenters. The summed E-state index contributed by atoms with van der Waals surface area (Å²) in [5.41, 5.74) is 0.